The molecule has 0 unspecified atom stereocenters. The van der Waals surface area contributed by atoms with E-state index >= 15 is 0 Å². The fraction of sp³-hybridized carbons (Fsp3) is 0.850. The molecule has 10 atom stereocenters. The van der Waals surface area contributed by atoms with Crippen molar-refractivity contribution >= 4 is 17.6 Å². The minimum Gasteiger partial charge on any atom is -0.458 e. The third-order valence-electron chi connectivity index (χ3n) is 8.90. The Morgan fingerprint density at radius 3 is 2.64 bits per heavy atom. The molecular formula is C20H25ClO7. The van der Waals surface area contributed by atoms with Gasteiger partial charge < -0.3 is 29.5 Å². The minimum absolute atomic E-state index is 0.131. The molecule has 3 aliphatic carbocycles. The monoisotopic (exact) mass is 412 g/mol. The molecule has 2 bridgehead atoms. The number of halogens is 1. The summed E-state index contributed by atoms with van der Waals surface area (Å²) in [5.74, 6) is -0.764. The number of carbonyl (C=O) groups is 1. The zero-order valence-corrected chi connectivity index (χ0v) is 16.8. The van der Waals surface area contributed by atoms with Crippen LogP contribution >= 0.6 is 11.6 Å². The zero-order chi connectivity index (χ0) is 20.0. The molecule has 8 heteroatoms. The third-order valence-corrected chi connectivity index (χ3v) is 9.47. The van der Waals surface area contributed by atoms with Crippen molar-refractivity contribution in [1.82, 2.24) is 0 Å². The zero-order valence-electron chi connectivity index (χ0n) is 16.0. The Morgan fingerprint density at radius 2 is 1.96 bits per heavy atom. The van der Waals surface area contributed by atoms with Gasteiger partial charge in [-0.2, -0.15) is 0 Å². The van der Waals surface area contributed by atoms with Gasteiger partial charge in [0.25, 0.3) is 0 Å². The predicted molar refractivity (Wildman–Crippen MR) is 95.5 cm³/mol. The van der Waals surface area contributed by atoms with E-state index in [-0.39, 0.29) is 24.9 Å². The maximum Gasteiger partial charge on any atom is 0.337 e. The molecule has 3 heterocycles. The maximum atomic E-state index is 12.2. The highest BCUT2D eigenvalue weighted by atomic mass is 35.5. The Bertz CT molecular complexity index is 842. The van der Waals surface area contributed by atoms with Crippen LogP contribution in [-0.4, -0.2) is 74.5 Å². The summed E-state index contributed by atoms with van der Waals surface area (Å²) in [5.41, 5.74) is -3.43. The summed E-state index contributed by atoms with van der Waals surface area (Å²) in [7, 11) is 0. The summed E-state index contributed by atoms with van der Waals surface area (Å²) in [6, 6.07) is 0. The second-order valence-electron chi connectivity index (χ2n) is 9.96. The lowest BCUT2D eigenvalue weighted by atomic mass is 9.45. The summed E-state index contributed by atoms with van der Waals surface area (Å²) in [6.07, 6.45) is -2.69. The average molecular weight is 413 g/mol. The molecule has 3 N–H and O–H groups in total. The first-order valence-electron chi connectivity index (χ1n) is 10.1. The Morgan fingerprint density at radius 1 is 1.25 bits per heavy atom. The SMILES string of the molecule is CC(C)[C@]12O[C@@H]3C[C@H]4C5=C(C(=O)OC5)[C@@H](O)C[C@]4(C)[C@@]4(O[C@H]4[C@H]1Cl)[C@]3(O)[C@@H]2O. The van der Waals surface area contributed by atoms with Crippen LogP contribution in [0.2, 0.25) is 0 Å². The molecule has 0 radical (unpaired) electrons. The van der Waals surface area contributed by atoms with Gasteiger partial charge in [0.2, 0.25) is 0 Å². The van der Waals surface area contributed by atoms with Crippen LogP contribution in [0.5, 0.6) is 0 Å². The summed E-state index contributed by atoms with van der Waals surface area (Å²) in [6.45, 7) is 5.97. The van der Waals surface area contributed by atoms with Gasteiger partial charge in [0.15, 0.2) is 5.60 Å². The summed E-state index contributed by atoms with van der Waals surface area (Å²) >= 11 is 6.86. The van der Waals surface area contributed by atoms with Crippen molar-refractivity contribution in [2.75, 3.05) is 6.61 Å². The first-order valence-corrected chi connectivity index (χ1v) is 10.5. The van der Waals surface area contributed by atoms with E-state index in [9.17, 15) is 20.1 Å². The highest BCUT2D eigenvalue weighted by Crippen LogP contribution is 2.77. The molecule has 154 valence electrons. The topological polar surface area (TPSA) is 109 Å². The van der Waals surface area contributed by atoms with E-state index in [0.717, 1.165) is 5.57 Å². The fourth-order valence-electron chi connectivity index (χ4n) is 7.61. The van der Waals surface area contributed by atoms with Gasteiger partial charge in [0.05, 0.1) is 23.2 Å². The fourth-order valence-corrected chi connectivity index (χ4v) is 8.26. The number of rotatable bonds is 1. The third kappa shape index (κ3) is 1.46. The molecule has 0 aromatic rings. The average Bonchev–Trinajstić information content (AvgIpc) is 3.23. The number of aliphatic hydroxyl groups is 3. The normalized spacial score (nSPS) is 61.1. The lowest BCUT2D eigenvalue weighted by Gasteiger charge is -2.59. The van der Waals surface area contributed by atoms with Gasteiger partial charge in [-0.15, -0.1) is 11.6 Å². The van der Waals surface area contributed by atoms with Crippen molar-refractivity contribution in [3.63, 3.8) is 0 Å². The molecule has 4 fully saturated rings. The van der Waals surface area contributed by atoms with E-state index in [0.29, 0.717) is 12.0 Å². The number of hydrogen-bond acceptors (Lipinski definition) is 7. The number of esters is 1. The lowest BCUT2D eigenvalue weighted by Crippen LogP contribution is -2.76. The molecule has 7 nitrogen and oxygen atoms in total. The van der Waals surface area contributed by atoms with Gasteiger partial charge in [-0.05, 0) is 30.3 Å². The highest BCUT2D eigenvalue weighted by Gasteiger charge is 2.94. The number of alkyl halides is 1. The first-order chi connectivity index (χ1) is 13.1. The maximum absolute atomic E-state index is 12.2. The Balaban J connectivity index is 1.57. The molecule has 3 aliphatic heterocycles. The number of fused-ring (bicyclic) bond motifs is 3. The second kappa shape index (κ2) is 4.79. The van der Waals surface area contributed by atoms with E-state index in [1.165, 1.54) is 0 Å². The van der Waals surface area contributed by atoms with E-state index in [2.05, 4.69) is 0 Å². The molecule has 0 aromatic carbocycles. The Labute approximate surface area is 167 Å². The molecule has 1 spiro atoms. The molecule has 6 aliphatic rings. The van der Waals surface area contributed by atoms with Crippen LogP contribution in [0.3, 0.4) is 0 Å². The van der Waals surface area contributed by atoms with Gasteiger partial charge in [-0.1, -0.05) is 20.8 Å². The largest absolute Gasteiger partial charge is 0.458 e. The predicted octanol–water partition coefficient (Wildman–Crippen LogP) is 0.275. The number of carbonyl (C=O) groups excluding carboxylic acids is 1. The number of cyclic esters (lactones) is 1. The summed E-state index contributed by atoms with van der Waals surface area (Å²) < 4.78 is 17.9. The van der Waals surface area contributed by atoms with Gasteiger partial charge >= 0.3 is 5.97 Å². The van der Waals surface area contributed by atoms with Crippen molar-refractivity contribution < 1.29 is 34.3 Å². The van der Waals surface area contributed by atoms with Crippen molar-refractivity contribution in [1.29, 1.82) is 0 Å². The molecule has 6 rings (SSSR count). The van der Waals surface area contributed by atoms with Crippen LogP contribution < -0.4 is 0 Å². The van der Waals surface area contributed by atoms with Crippen LogP contribution in [-0.2, 0) is 19.0 Å². The Hall–Kier alpha value is -0.700. The number of epoxide rings is 1. The molecule has 0 aromatic heterocycles. The van der Waals surface area contributed by atoms with Crippen LogP contribution in [0.25, 0.3) is 0 Å². The quantitative estimate of drug-likeness (QED) is 0.322. The molecule has 0 amide bonds. The van der Waals surface area contributed by atoms with E-state index in [1.54, 1.807) is 0 Å². The second-order valence-corrected chi connectivity index (χ2v) is 10.4. The smallest absolute Gasteiger partial charge is 0.337 e. The van der Waals surface area contributed by atoms with Gasteiger partial charge in [0.1, 0.15) is 30.0 Å². The van der Waals surface area contributed by atoms with Gasteiger partial charge in [-0.25, -0.2) is 4.79 Å². The number of ether oxygens (including phenoxy) is 3. The lowest BCUT2D eigenvalue weighted by molar-refractivity contribution is -0.210. The first kappa shape index (κ1) is 18.1. The van der Waals surface area contributed by atoms with Gasteiger partial charge in [-0.3, -0.25) is 0 Å². The standard InChI is InChI=1S/C20H25ClO7/c1-7(2)18-13(21)14-20(28-14)17(3)5-10(22)12-8(6-26-15(12)23)9(17)4-11(27-18)19(20,25)16(18)24/h7,9-11,13-14,16,22,24-25H,4-6H2,1-3H3/t9-,10-,11+,13+,14-,16+,17-,18-,19+,20+/m0/s1. The van der Waals surface area contributed by atoms with E-state index in [1.807, 2.05) is 20.8 Å². The van der Waals surface area contributed by atoms with E-state index in [4.69, 9.17) is 25.8 Å². The van der Waals surface area contributed by atoms with Crippen LogP contribution in [0, 0.1) is 17.3 Å². The summed E-state index contributed by atoms with van der Waals surface area (Å²) in [4.78, 5) is 12.2. The van der Waals surface area contributed by atoms with Gasteiger partial charge in [0, 0.05) is 5.41 Å². The van der Waals surface area contributed by atoms with Crippen molar-refractivity contribution in [3.8, 4) is 0 Å². The number of hydrogen-bond donors (Lipinski definition) is 3. The minimum atomic E-state index is -1.61. The van der Waals surface area contributed by atoms with Crippen LogP contribution in [0.1, 0.15) is 33.6 Å². The summed E-state index contributed by atoms with van der Waals surface area (Å²) in [5, 5.41) is 33.5. The van der Waals surface area contributed by atoms with Crippen molar-refractivity contribution in [3.05, 3.63) is 11.1 Å². The number of aliphatic hydroxyl groups excluding tert-OH is 2. The molecule has 2 saturated carbocycles. The Kier molecular flexibility index (Phi) is 3.09. The van der Waals surface area contributed by atoms with Crippen LogP contribution in [0.4, 0.5) is 0 Å². The highest BCUT2D eigenvalue weighted by molar-refractivity contribution is 6.22. The van der Waals surface area contributed by atoms with Crippen molar-refractivity contribution in [2.45, 2.75) is 80.2 Å². The van der Waals surface area contributed by atoms with Crippen LogP contribution in [0.15, 0.2) is 11.1 Å². The van der Waals surface area contributed by atoms with Crippen molar-refractivity contribution in [2.24, 2.45) is 17.3 Å². The molecular weight excluding hydrogens is 388 g/mol. The molecule has 2 saturated heterocycles. The van der Waals surface area contributed by atoms with E-state index < -0.39 is 58.0 Å². The molecule has 28 heavy (non-hydrogen) atoms.